The molecular formula is C29H34ClN3O8S. The van der Waals surface area contributed by atoms with Gasteiger partial charge < -0.3 is 24.5 Å². The third kappa shape index (κ3) is 7.05. The van der Waals surface area contributed by atoms with Gasteiger partial charge in [-0.05, 0) is 55.5 Å². The normalized spacial score (nSPS) is 17.1. The number of methoxy groups -OCH3 is 2. The van der Waals surface area contributed by atoms with Crippen LogP contribution in [-0.4, -0.2) is 69.7 Å². The summed E-state index contributed by atoms with van der Waals surface area (Å²) < 4.78 is 43.7. The first kappa shape index (κ1) is 31.3. The van der Waals surface area contributed by atoms with Crippen LogP contribution in [0, 0.1) is 5.92 Å². The van der Waals surface area contributed by atoms with Crippen molar-refractivity contribution in [3.63, 3.8) is 0 Å². The van der Waals surface area contributed by atoms with Crippen molar-refractivity contribution >= 4 is 50.2 Å². The molecule has 4 rings (SSSR count). The number of benzene rings is 2. The topological polar surface area (TPSA) is 144 Å². The molecule has 1 aromatic heterocycles. The summed E-state index contributed by atoms with van der Waals surface area (Å²) in [5.74, 6) is -0.641. The fourth-order valence-corrected chi connectivity index (χ4v) is 6.56. The molecular weight excluding hydrogens is 586 g/mol. The van der Waals surface area contributed by atoms with Crippen molar-refractivity contribution in [1.29, 1.82) is 0 Å². The number of hydrogen-bond acceptors (Lipinski definition) is 8. The summed E-state index contributed by atoms with van der Waals surface area (Å²) in [6, 6.07) is 8.81. The van der Waals surface area contributed by atoms with Crippen LogP contribution in [-0.2, 0) is 19.6 Å². The van der Waals surface area contributed by atoms with Gasteiger partial charge in [0, 0.05) is 23.0 Å². The summed E-state index contributed by atoms with van der Waals surface area (Å²) in [6.07, 6.45) is 0.904. The van der Waals surface area contributed by atoms with Crippen LogP contribution in [0.15, 0.2) is 51.8 Å². The lowest BCUT2D eigenvalue weighted by atomic mass is 10.0. The zero-order chi connectivity index (χ0) is 30.6. The molecule has 0 spiro atoms. The van der Waals surface area contributed by atoms with Crippen molar-refractivity contribution in [1.82, 2.24) is 14.9 Å². The highest BCUT2D eigenvalue weighted by Crippen LogP contribution is 2.33. The highest BCUT2D eigenvalue weighted by molar-refractivity contribution is 7.89. The lowest BCUT2D eigenvalue weighted by Crippen LogP contribution is -2.52. The van der Waals surface area contributed by atoms with E-state index in [2.05, 4.69) is 10.6 Å². The van der Waals surface area contributed by atoms with Crippen LogP contribution in [0.25, 0.3) is 11.0 Å². The van der Waals surface area contributed by atoms with Crippen LogP contribution in [0.4, 0.5) is 0 Å². The predicted octanol–water partition coefficient (Wildman–Crippen LogP) is 3.79. The molecule has 1 saturated heterocycles. The maximum Gasteiger partial charge on any atom is 0.287 e. The van der Waals surface area contributed by atoms with E-state index in [1.165, 1.54) is 32.4 Å². The molecule has 1 aliphatic heterocycles. The molecule has 226 valence electrons. The van der Waals surface area contributed by atoms with Gasteiger partial charge in [-0.3, -0.25) is 14.4 Å². The van der Waals surface area contributed by atoms with Gasteiger partial charge in [0.25, 0.3) is 5.91 Å². The Kier molecular flexibility index (Phi) is 9.80. The number of carbonyl (C=O) groups excluding carboxylic acids is 3. The molecule has 2 atom stereocenters. The van der Waals surface area contributed by atoms with E-state index in [0.717, 1.165) is 4.31 Å². The third-order valence-electron chi connectivity index (χ3n) is 6.95. The number of carbonyl (C=O) groups is 3. The van der Waals surface area contributed by atoms with E-state index in [-0.39, 0.29) is 34.6 Å². The molecule has 2 heterocycles. The van der Waals surface area contributed by atoms with Gasteiger partial charge >= 0.3 is 0 Å². The summed E-state index contributed by atoms with van der Waals surface area (Å²) >= 11 is 5.97. The van der Waals surface area contributed by atoms with Gasteiger partial charge in [0.2, 0.25) is 15.9 Å². The van der Waals surface area contributed by atoms with E-state index >= 15 is 0 Å². The molecule has 2 aromatic carbocycles. The van der Waals surface area contributed by atoms with E-state index in [1.807, 2.05) is 13.8 Å². The molecule has 1 aliphatic rings. The minimum absolute atomic E-state index is 0.00531. The van der Waals surface area contributed by atoms with Gasteiger partial charge in [0.05, 0.1) is 31.7 Å². The molecule has 0 aliphatic carbocycles. The number of hydrogen-bond donors (Lipinski definition) is 2. The number of ketones is 1. The maximum absolute atomic E-state index is 13.4. The standard InChI is InChI=1S/C29H34ClN3O8S/c1-17(2)11-22(32-29(36)27-13-18-12-25(39-3)26(40-4)15-24(18)41-27)28(35)31-21-9-6-10-33(16-23(21)34)42(37,38)20-8-5-7-19(30)14-20/h5,7-8,12-15,17,21-22H,6,9-11,16H2,1-4H3,(H,31,35)(H,32,36)/t21?,22-/m0/s1. The molecule has 0 bridgehead atoms. The Bertz CT molecular complexity index is 1550. The summed E-state index contributed by atoms with van der Waals surface area (Å²) in [5.41, 5.74) is 0.406. The minimum atomic E-state index is -3.96. The van der Waals surface area contributed by atoms with Crippen LogP contribution in [0.3, 0.4) is 0 Å². The summed E-state index contributed by atoms with van der Waals surface area (Å²) in [5, 5.41) is 6.35. The highest BCUT2D eigenvalue weighted by Gasteiger charge is 2.34. The first-order valence-corrected chi connectivity index (χ1v) is 15.3. The van der Waals surface area contributed by atoms with E-state index in [9.17, 15) is 22.8 Å². The number of ether oxygens (including phenoxy) is 2. The molecule has 3 aromatic rings. The van der Waals surface area contributed by atoms with Gasteiger partial charge in [0.15, 0.2) is 23.0 Å². The Morgan fingerprint density at radius 1 is 1.12 bits per heavy atom. The second-order valence-corrected chi connectivity index (χ2v) is 12.9. The van der Waals surface area contributed by atoms with Crippen molar-refractivity contribution in [2.24, 2.45) is 5.92 Å². The Hall–Kier alpha value is -3.61. The summed E-state index contributed by atoms with van der Waals surface area (Å²) in [4.78, 5) is 39.6. The number of fused-ring (bicyclic) bond motifs is 1. The highest BCUT2D eigenvalue weighted by atomic mass is 35.5. The van der Waals surface area contributed by atoms with E-state index < -0.39 is 46.2 Å². The largest absolute Gasteiger partial charge is 0.493 e. The molecule has 0 radical (unpaired) electrons. The second-order valence-electron chi connectivity index (χ2n) is 10.5. The molecule has 13 heteroatoms. The Labute approximate surface area is 249 Å². The van der Waals surface area contributed by atoms with Crippen LogP contribution in [0.5, 0.6) is 11.5 Å². The number of Topliss-reactive ketones (excluding diaryl/α,β-unsaturated/α-hetero) is 1. The zero-order valence-electron chi connectivity index (χ0n) is 23.8. The SMILES string of the molecule is COc1cc2cc(C(=O)N[C@@H](CC(C)C)C(=O)NC3CCCN(S(=O)(=O)c4cccc(Cl)c4)CC3=O)oc2cc1OC. The first-order valence-electron chi connectivity index (χ1n) is 13.5. The van der Waals surface area contributed by atoms with Crippen molar-refractivity contribution in [3.05, 3.63) is 53.2 Å². The van der Waals surface area contributed by atoms with Gasteiger partial charge in [-0.25, -0.2) is 8.42 Å². The van der Waals surface area contributed by atoms with Crippen molar-refractivity contribution in [2.75, 3.05) is 27.3 Å². The van der Waals surface area contributed by atoms with Crippen LogP contribution in [0.2, 0.25) is 5.02 Å². The predicted molar refractivity (Wildman–Crippen MR) is 156 cm³/mol. The fraction of sp³-hybridized carbons (Fsp3) is 0.414. The molecule has 2 amide bonds. The van der Waals surface area contributed by atoms with E-state index in [1.54, 1.807) is 24.3 Å². The van der Waals surface area contributed by atoms with E-state index in [4.69, 9.17) is 25.5 Å². The molecule has 2 N–H and O–H groups in total. The molecule has 1 unspecified atom stereocenters. The third-order valence-corrected chi connectivity index (χ3v) is 9.02. The summed E-state index contributed by atoms with van der Waals surface area (Å²) in [7, 11) is -0.968. The van der Waals surface area contributed by atoms with Crippen LogP contribution >= 0.6 is 11.6 Å². The van der Waals surface area contributed by atoms with Gasteiger partial charge in [0.1, 0.15) is 11.6 Å². The number of nitrogens with one attached hydrogen (secondary N) is 2. The number of furan rings is 1. The molecule has 0 saturated carbocycles. The molecule has 11 nitrogen and oxygen atoms in total. The Morgan fingerprint density at radius 2 is 1.83 bits per heavy atom. The number of sulfonamides is 1. The van der Waals surface area contributed by atoms with Crippen molar-refractivity contribution < 1.29 is 36.7 Å². The first-order chi connectivity index (χ1) is 19.9. The number of nitrogens with zero attached hydrogens (tertiary/aromatic N) is 1. The number of halogens is 1. The molecule has 1 fully saturated rings. The fourth-order valence-electron chi connectivity index (χ4n) is 4.81. The lowest BCUT2D eigenvalue weighted by molar-refractivity contribution is -0.129. The average Bonchev–Trinajstić information content (AvgIpc) is 3.28. The number of amides is 2. The van der Waals surface area contributed by atoms with Gasteiger partial charge in [-0.1, -0.05) is 31.5 Å². The van der Waals surface area contributed by atoms with Crippen molar-refractivity contribution in [3.8, 4) is 11.5 Å². The Morgan fingerprint density at radius 3 is 2.50 bits per heavy atom. The van der Waals surface area contributed by atoms with Crippen LogP contribution in [0.1, 0.15) is 43.7 Å². The quantitative estimate of drug-likeness (QED) is 0.349. The summed E-state index contributed by atoms with van der Waals surface area (Å²) in [6.45, 7) is 3.52. The van der Waals surface area contributed by atoms with Crippen molar-refractivity contribution in [2.45, 2.75) is 50.1 Å². The van der Waals surface area contributed by atoms with E-state index in [0.29, 0.717) is 35.3 Å². The van der Waals surface area contributed by atoms with Gasteiger partial charge in [-0.15, -0.1) is 0 Å². The smallest absolute Gasteiger partial charge is 0.287 e. The number of rotatable bonds is 10. The van der Waals surface area contributed by atoms with Crippen LogP contribution < -0.4 is 20.1 Å². The average molecular weight is 620 g/mol. The van der Waals surface area contributed by atoms with Gasteiger partial charge in [-0.2, -0.15) is 4.31 Å². The second kappa shape index (κ2) is 13.1. The maximum atomic E-state index is 13.4. The minimum Gasteiger partial charge on any atom is -0.493 e. The molecule has 42 heavy (non-hydrogen) atoms. The Balaban J connectivity index is 1.46. The zero-order valence-corrected chi connectivity index (χ0v) is 25.4. The monoisotopic (exact) mass is 619 g/mol. The lowest BCUT2D eigenvalue weighted by Gasteiger charge is -2.23.